The van der Waals surface area contributed by atoms with Gasteiger partial charge in [0.15, 0.2) is 0 Å². The largest absolute Gasteiger partial charge is 0.497 e. The molecule has 0 saturated carbocycles. The number of ether oxygens (including phenoxy) is 1. The first-order valence-corrected chi connectivity index (χ1v) is 6.89. The number of hydrogen-bond acceptors (Lipinski definition) is 3. The van der Waals surface area contributed by atoms with Crippen LogP contribution >= 0.6 is 12.4 Å². The van der Waals surface area contributed by atoms with Crippen LogP contribution in [0.4, 0.5) is 0 Å². The van der Waals surface area contributed by atoms with Crippen molar-refractivity contribution in [2.24, 2.45) is 5.73 Å². The maximum atomic E-state index is 12.0. The summed E-state index contributed by atoms with van der Waals surface area (Å²) >= 11 is 0. The molecule has 0 saturated heterocycles. The van der Waals surface area contributed by atoms with Crippen molar-refractivity contribution in [1.29, 1.82) is 0 Å². The van der Waals surface area contributed by atoms with Gasteiger partial charge in [-0.3, -0.25) is 4.79 Å². The van der Waals surface area contributed by atoms with E-state index in [1.165, 1.54) is 0 Å². The molecule has 4 nitrogen and oxygen atoms in total. The highest BCUT2D eigenvalue weighted by molar-refractivity contribution is 5.85. The fourth-order valence-electron chi connectivity index (χ4n) is 2.02. The van der Waals surface area contributed by atoms with Gasteiger partial charge in [-0.05, 0) is 29.7 Å². The Hall–Kier alpha value is -2.04. The number of methoxy groups -OCH3 is 1. The summed E-state index contributed by atoms with van der Waals surface area (Å²) in [5.41, 5.74) is 8.00. The minimum Gasteiger partial charge on any atom is -0.497 e. The van der Waals surface area contributed by atoms with Gasteiger partial charge in [0.1, 0.15) is 5.75 Å². The van der Waals surface area contributed by atoms with E-state index >= 15 is 0 Å². The second kappa shape index (κ2) is 9.07. The number of hydrogen-bond donors (Lipinski definition) is 2. The number of nitrogens with two attached hydrogens (primary N) is 1. The zero-order valence-corrected chi connectivity index (χ0v) is 13.3. The molecule has 0 spiro atoms. The van der Waals surface area contributed by atoms with Gasteiger partial charge in [-0.25, -0.2) is 0 Å². The Morgan fingerprint density at radius 2 is 1.73 bits per heavy atom. The zero-order valence-electron chi connectivity index (χ0n) is 12.5. The number of benzene rings is 2. The van der Waals surface area contributed by atoms with Gasteiger partial charge in [0, 0.05) is 6.54 Å². The smallest absolute Gasteiger partial charge is 0.237 e. The van der Waals surface area contributed by atoms with E-state index in [9.17, 15) is 4.79 Å². The van der Waals surface area contributed by atoms with Crippen LogP contribution in [-0.4, -0.2) is 19.1 Å². The Labute approximate surface area is 137 Å². The lowest BCUT2D eigenvalue weighted by Crippen LogP contribution is -2.41. The Morgan fingerprint density at radius 3 is 2.32 bits per heavy atom. The van der Waals surface area contributed by atoms with Gasteiger partial charge in [0.05, 0.1) is 13.2 Å². The molecule has 0 aliphatic carbocycles. The summed E-state index contributed by atoms with van der Waals surface area (Å²) in [5.74, 6) is 0.653. The second-order valence-corrected chi connectivity index (χ2v) is 4.86. The lowest BCUT2D eigenvalue weighted by atomic mass is 10.1. The van der Waals surface area contributed by atoms with Gasteiger partial charge >= 0.3 is 0 Å². The van der Waals surface area contributed by atoms with Crippen molar-refractivity contribution in [2.45, 2.75) is 19.0 Å². The molecule has 0 aliphatic heterocycles. The van der Waals surface area contributed by atoms with Crippen LogP contribution in [0.1, 0.15) is 11.1 Å². The highest BCUT2D eigenvalue weighted by Crippen LogP contribution is 2.11. The summed E-state index contributed by atoms with van der Waals surface area (Å²) in [7, 11) is 1.62. The third-order valence-corrected chi connectivity index (χ3v) is 3.26. The number of carbonyl (C=O) groups excluding carboxylic acids is 1. The van der Waals surface area contributed by atoms with Gasteiger partial charge in [-0.1, -0.05) is 42.5 Å². The Balaban J connectivity index is 0.00000242. The summed E-state index contributed by atoms with van der Waals surface area (Å²) in [6.45, 7) is 0.464. The van der Waals surface area contributed by atoms with E-state index in [1.54, 1.807) is 7.11 Å². The predicted octanol–water partition coefficient (Wildman–Crippen LogP) is 2.30. The second-order valence-electron chi connectivity index (χ2n) is 4.86. The lowest BCUT2D eigenvalue weighted by Gasteiger charge is -2.12. The van der Waals surface area contributed by atoms with E-state index in [0.29, 0.717) is 13.0 Å². The Kier molecular flexibility index (Phi) is 7.43. The van der Waals surface area contributed by atoms with Crippen molar-refractivity contribution >= 4 is 18.3 Å². The summed E-state index contributed by atoms with van der Waals surface area (Å²) < 4.78 is 5.09. The average Bonchev–Trinajstić information content (AvgIpc) is 2.54. The molecule has 118 valence electrons. The summed E-state index contributed by atoms with van der Waals surface area (Å²) in [6.07, 6.45) is 0.537. The molecule has 2 aromatic carbocycles. The molecule has 3 N–H and O–H groups in total. The third kappa shape index (κ3) is 5.39. The normalized spacial score (nSPS) is 11.2. The maximum absolute atomic E-state index is 12.0. The zero-order chi connectivity index (χ0) is 15.1. The van der Waals surface area contributed by atoms with Gasteiger partial charge < -0.3 is 15.8 Å². The van der Waals surface area contributed by atoms with Crippen molar-refractivity contribution in [3.05, 3.63) is 65.7 Å². The van der Waals surface area contributed by atoms with Crippen LogP contribution in [0.25, 0.3) is 0 Å². The molecule has 0 bridgehead atoms. The van der Waals surface area contributed by atoms with E-state index in [2.05, 4.69) is 5.32 Å². The van der Waals surface area contributed by atoms with Crippen LogP contribution in [0.3, 0.4) is 0 Å². The number of rotatable bonds is 6. The summed E-state index contributed by atoms with van der Waals surface area (Å²) in [6, 6.07) is 16.8. The molecular formula is C17H21ClN2O2. The molecule has 0 aromatic heterocycles. The van der Waals surface area contributed by atoms with Gasteiger partial charge in [-0.2, -0.15) is 0 Å². The molecule has 0 radical (unpaired) electrons. The lowest BCUT2D eigenvalue weighted by molar-refractivity contribution is -0.122. The van der Waals surface area contributed by atoms with E-state index in [-0.39, 0.29) is 18.3 Å². The SMILES string of the molecule is COc1ccc(CNC(=O)C(N)Cc2ccccc2)cc1.Cl. The molecule has 5 heteroatoms. The first-order chi connectivity index (χ1) is 10.2. The summed E-state index contributed by atoms with van der Waals surface area (Å²) in [5, 5.41) is 2.85. The highest BCUT2D eigenvalue weighted by Gasteiger charge is 2.13. The van der Waals surface area contributed by atoms with Gasteiger partial charge in [0.25, 0.3) is 0 Å². The van der Waals surface area contributed by atoms with Crippen molar-refractivity contribution < 1.29 is 9.53 Å². The monoisotopic (exact) mass is 320 g/mol. The molecule has 0 fully saturated rings. The number of amides is 1. The first kappa shape index (κ1) is 18.0. The van der Waals surface area contributed by atoms with Crippen molar-refractivity contribution in [3.63, 3.8) is 0 Å². The van der Waals surface area contributed by atoms with Crippen LogP contribution < -0.4 is 15.8 Å². The number of nitrogens with one attached hydrogen (secondary N) is 1. The molecule has 0 heterocycles. The fourth-order valence-corrected chi connectivity index (χ4v) is 2.02. The van der Waals surface area contributed by atoms with Gasteiger partial charge in [0.2, 0.25) is 5.91 Å². The van der Waals surface area contributed by atoms with E-state index in [4.69, 9.17) is 10.5 Å². The predicted molar refractivity (Wildman–Crippen MR) is 90.2 cm³/mol. The van der Waals surface area contributed by atoms with Crippen molar-refractivity contribution in [3.8, 4) is 5.75 Å². The topological polar surface area (TPSA) is 64.3 Å². The standard InChI is InChI=1S/C17H20N2O2.ClH/c1-21-15-9-7-14(8-10-15)12-19-17(20)16(18)11-13-5-3-2-4-6-13;/h2-10,16H,11-12,18H2,1H3,(H,19,20);1H. The molecule has 0 aliphatic rings. The number of halogens is 1. The first-order valence-electron chi connectivity index (χ1n) is 6.89. The molecule has 2 rings (SSSR count). The Bertz CT molecular complexity index is 573. The van der Waals surface area contributed by atoms with Crippen LogP contribution in [0, 0.1) is 0 Å². The highest BCUT2D eigenvalue weighted by atomic mass is 35.5. The number of carbonyl (C=O) groups is 1. The summed E-state index contributed by atoms with van der Waals surface area (Å²) in [4.78, 5) is 12.0. The minimum absolute atomic E-state index is 0. The Morgan fingerprint density at radius 1 is 1.09 bits per heavy atom. The minimum atomic E-state index is -0.536. The van der Waals surface area contributed by atoms with E-state index in [0.717, 1.165) is 16.9 Å². The molecule has 1 unspecified atom stereocenters. The molecule has 1 amide bonds. The third-order valence-electron chi connectivity index (χ3n) is 3.26. The van der Waals surface area contributed by atoms with Gasteiger partial charge in [-0.15, -0.1) is 12.4 Å². The molecule has 2 aromatic rings. The quantitative estimate of drug-likeness (QED) is 0.858. The molecule has 1 atom stereocenters. The van der Waals surface area contributed by atoms with Crippen LogP contribution in [0.15, 0.2) is 54.6 Å². The maximum Gasteiger partial charge on any atom is 0.237 e. The fraction of sp³-hybridized carbons (Fsp3) is 0.235. The molecular weight excluding hydrogens is 300 g/mol. The average molecular weight is 321 g/mol. The van der Waals surface area contributed by atoms with Crippen molar-refractivity contribution in [1.82, 2.24) is 5.32 Å². The van der Waals surface area contributed by atoms with Crippen molar-refractivity contribution in [2.75, 3.05) is 7.11 Å². The van der Waals surface area contributed by atoms with Crippen LogP contribution in [0.2, 0.25) is 0 Å². The molecule has 22 heavy (non-hydrogen) atoms. The van der Waals surface area contributed by atoms with E-state index in [1.807, 2.05) is 54.6 Å². The van der Waals surface area contributed by atoms with E-state index < -0.39 is 6.04 Å². The van der Waals surface area contributed by atoms with Crippen LogP contribution in [0.5, 0.6) is 5.75 Å². The van der Waals surface area contributed by atoms with Crippen LogP contribution in [-0.2, 0) is 17.8 Å².